The van der Waals surface area contributed by atoms with E-state index in [-0.39, 0.29) is 0 Å². The predicted molar refractivity (Wildman–Crippen MR) is 96.6 cm³/mol. The Balaban J connectivity index is 2.13. The minimum Gasteiger partial charge on any atom is -0.493 e. The SMILES string of the molecule is COc1cc(N(C)c2cc3ccccc3oc2=O)cc(OC)c1OC. The molecule has 130 valence electrons. The lowest BCUT2D eigenvalue weighted by atomic mass is 10.2. The molecule has 6 heteroatoms. The molecule has 0 N–H and O–H groups in total. The molecule has 0 saturated heterocycles. The summed E-state index contributed by atoms with van der Waals surface area (Å²) in [5.74, 6) is 1.51. The van der Waals surface area contributed by atoms with Crippen molar-refractivity contribution < 1.29 is 18.6 Å². The first kappa shape index (κ1) is 16.7. The molecule has 0 saturated carbocycles. The largest absolute Gasteiger partial charge is 0.493 e. The lowest BCUT2D eigenvalue weighted by molar-refractivity contribution is 0.324. The van der Waals surface area contributed by atoms with Crippen molar-refractivity contribution in [3.8, 4) is 17.2 Å². The number of benzene rings is 2. The van der Waals surface area contributed by atoms with Crippen molar-refractivity contribution >= 4 is 22.3 Å². The number of rotatable bonds is 5. The summed E-state index contributed by atoms with van der Waals surface area (Å²) in [4.78, 5) is 14.1. The maximum Gasteiger partial charge on any atom is 0.360 e. The second-order valence-electron chi connectivity index (χ2n) is 5.40. The van der Waals surface area contributed by atoms with E-state index in [0.29, 0.717) is 34.2 Å². The van der Waals surface area contributed by atoms with Crippen molar-refractivity contribution in [2.24, 2.45) is 0 Å². The highest BCUT2D eigenvalue weighted by Gasteiger charge is 2.18. The minimum absolute atomic E-state index is 0.410. The summed E-state index contributed by atoms with van der Waals surface area (Å²) in [6, 6.07) is 12.7. The number of para-hydroxylation sites is 1. The van der Waals surface area contributed by atoms with Gasteiger partial charge in [-0.15, -0.1) is 0 Å². The quantitative estimate of drug-likeness (QED) is 0.661. The first-order chi connectivity index (χ1) is 12.1. The van der Waals surface area contributed by atoms with Crippen LogP contribution in [0.2, 0.25) is 0 Å². The van der Waals surface area contributed by atoms with Crippen molar-refractivity contribution in [1.82, 2.24) is 0 Å². The first-order valence-electron chi connectivity index (χ1n) is 7.65. The number of fused-ring (bicyclic) bond motifs is 1. The number of nitrogens with zero attached hydrogens (tertiary/aromatic N) is 1. The summed E-state index contributed by atoms with van der Waals surface area (Å²) in [5, 5.41) is 0.844. The number of hydrogen-bond acceptors (Lipinski definition) is 6. The molecule has 0 bridgehead atoms. The van der Waals surface area contributed by atoms with Gasteiger partial charge in [-0.1, -0.05) is 18.2 Å². The molecule has 1 heterocycles. The Morgan fingerprint density at radius 3 is 2.16 bits per heavy atom. The fraction of sp³-hybridized carbons (Fsp3) is 0.211. The molecular formula is C19H19NO5. The predicted octanol–water partition coefficient (Wildman–Crippen LogP) is 3.59. The Morgan fingerprint density at radius 1 is 0.920 bits per heavy atom. The highest BCUT2D eigenvalue weighted by Crippen LogP contribution is 2.41. The maximum atomic E-state index is 12.4. The van der Waals surface area contributed by atoms with Crippen molar-refractivity contribution in [3.05, 3.63) is 52.9 Å². The fourth-order valence-corrected chi connectivity index (χ4v) is 2.68. The van der Waals surface area contributed by atoms with Crippen molar-refractivity contribution in [1.29, 1.82) is 0 Å². The monoisotopic (exact) mass is 341 g/mol. The van der Waals surface area contributed by atoms with Crippen molar-refractivity contribution in [2.45, 2.75) is 0 Å². The van der Waals surface area contributed by atoms with E-state index in [1.54, 1.807) is 57.5 Å². The Morgan fingerprint density at radius 2 is 1.56 bits per heavy atom. The van der Waals surface area contributed by atoms with Crippen LogP contribution in [0, 0.1) is 0 Å². The summed E-state index contributed by atoms with van der Waals surface area (Å²) < 4.78 is 21.5. The van der Waals surface area contributed by atoms with Crippen molar-refractivity contribution in [2.75, 3.05) is 33.3 Å². The molecule has 0 aliphatic rings. The molecule has 2 aromatic carbocycles. The molecule has 0 amide bonds. The van der Waals surface area contributed by atoms with E-state index in [1.807, 2.05) is 18.2 Å². The lowest BCUT2D eigenvalue weighted by Crippen LogP contribution is -2.18. The van der Waals surface area contributed by atoms with Gasteiger partial charge < -0.3 is 23.5 Å². The summed E-state index contributed by atoms with van der Waals surface area (Å²) in [5.41, 5.74) is 1.24. The summed E-state index contributed by atoms with van der Waals surface area (Å²) >= 11 is 0. The van der Waals surface area contributed by atoms with Crippen LogP contribution < -0.4 is 24.7 Å². The Hall–Kier alpha value is -3.15. The molecule has 25 heavy (non-hydrogen) atoms. The third-order valence-corrected chi connectivity index (χ3v) is 4.02. The summed E-state index contributed by atoms with van der Waals surface area (Å²) in [6.07, 6.45) is 0. The Bertz CT molecular complexity index is 938. The average Bonchev–Trinajstić information content (AvgIpc) is 2.65. The normalized spacial score (nSPS) is 10.6. The average molecular weight is 341 g/mol. The molecule has 0 aliphatic heterocycles. The van der Waals surface area contributed by atoms with Gasteiger partial charge >= 0.3 is 5.63 Å². The van der Waals surface area contributed by atoms with Crippen LogP contribution in [0.3, 0.4) is 0 Å². The third kappa shape index (κ3) is 2.98. The van der Waals surface area contributed by atoms with Crippen LogP contribution >= 0.6 is 0 Å². The molecule has 6 nitrogen and oxygen atoms in total. The first-order valence-corrected chi connectivity index (χ1v) is 7.65. The van der Waals surface area contributed by atoms with Gasteiger partial charge in [-0.05, 0) is 12.1 Å². The van der Waals surface area contributed by atoms with Crippen LogP contribution in [-0.2, 0) is 0 Å². The van der Waals surface area contributed by atoms with E-state index in [1.165, 1.54) is 0 Å². The van der Waals surface area contributed by atoms with Crippen molar-refractivity contribution in [3.63, 3.8) is 0 Å². The van der Waals surface area contributed by atoms with Gasteiger partial charge in [-0.3, -0.25) is 0 Å². The number of anilines is 2. The van der Waals surface area contributed by atoms with E-state index < -0.39 is 5.63 Å². The zero-order valence-electron chi connectivity index (χ0n) is 14.5. The van der Waals surface area contributed by atoms with Crippen LogP contribution in [0.15, 0.2) is 51.7 Å². The van der Waals surface area contributed by atoms with Crippen LogP contribution in [0.25, 0.3) is 11.0 Å². The van der Waals surface area contributed by atoms with Gasteiger partial charge in [0.1, 0.15) is 11.3 Å². The fourth-order valence-electron chi connectivity index (χ4n) is 2.68. The summed E-state index contributed by atoms with van der Waals surface area (Å²) in [7, 11) is 6.42. The lowest BCUT2D eigenvalue weighted by Gasteiger charge is -2.21. The standard InChI is InChI=1S/C19H19NO5/c1-20(13-10-16(22-2)18(24-4)17(11-13)23-3)14-9-12-7-5-6-8-15(12)25-19(14)21/h5-11H,1-4H3. The summed E-state index contributed by atoms with van der Waals surface area (Å²) in [6.45, 7) is 0. The Labute approximate surface area is 145 Å². The highest BCUT2D eigenvalue weighted by atomic mass is 16.5. The molecule has 3 rings (SSSR count). The van der Waals surface area contributed by atoms with Crippen LogP contribution in [0.1, 0.15) is 0 Å². The van der Waals surface area contributed by atoms with Crippen LogP contribution in [0.4, 0.5) is 11.4 Å². The van der Waals surface area contributed by atoms with E-state index in [2.05, 4.69) is 0 Å². The molecule has 0 fully saturated rings. The molecule has 0 unspecified atom stereocenters. The van der Waals surface area contributed by atoms with Gasteiger partial charge in [0.2, 0.25) is 5.75 Å². The zero-order valence-corrected chi connectivity index (χ0v) is 14.5. The minimum atomic E-state index is -0.421. The smallest absolute Gasteiger partial charge is 0.360 e. The second kappa shape index (κ2) is 6.76. The van der Waals surface area contributed by atoms with Gasteiger partial charge in [-0.25, -0.2) is 4.79 Å². The van der Waals surface area contributed by atoms with E-state index in [9.17, 15) is 4.79 Å². The number of methoxy groups -OCH3 is 3. The van der Waals surface area contributed by atoms with Crippen LogP contribution in [0.5, 0.6) is 17.2 Å². The Kier molecular flexibility index (Phi) is 4.52. The molecule has 0 atom stereocenters. The van der Waals surface area contributed by atoms with Gasteiger partial charge in [0.05, 0.1) is 21.3 Å². The van der Waals surface area contributed by atoms with E-state index in [4.69, 9.17) is 18.6 Å². The maximum absolute atomic E-state index is 12.4. The zero-order chi connectivity index (χ0) is 18.0. The van der Waals surface area contributed by atoms with E-state index >= 15 is 0 Å². The third-order valence-electron chi connectivity index (χ3n) is 4.02. The van der Waals surface area contributed by atoms with Gasteiger partial charge in [0, 0.05) is 30.3 Å². The highest BCUT2D eigenvalue weighted by molar-refractivity contribution is 5.81. The van der Waals surface area contributed by atoms with Gasteiger partial charge in [-0.2, -0.15) is 0 Å². The second-order valence-corrected chi connectivity index (χ2v) is 5.40. The molecule has 0 aliphatic carbocycles. The topological polar surface area (TPSA) is 61.1 Å². The van der Waals surface area contributed by atoms with Crippen LogP contribution in [-0.4, -0.2) is 28.4 Å². The number of ether oxygens (including phenoxy) is 3. The van der Waals surface area contributed by atoms with Gasteiger partial charge in [0.15, 0.2) is 11.5 Å². The molecule has 0 spiro atoms. The van der Waals surface area contributed by atoms with E-state index in [0.717, 1.165) is 5.39 Å². The molecule has 0 radical (unpaired) electrons. The van der Waals surface area contributed by atoms with Gasteiger partial charge in [0.25, 0.3) is 0 Å². The molecule has 3 aromatic rings. The molecular weight excluding hydrogens is 322 g/mol. The molecule has 1 aromatic heterocycles. The number of hydrogen-bond donors (Lipinski definition) is 0.